The monoisotopic (exact) mass is 704 g/mol. The predicted molar refractivity (Wildman–Crippen MR) is 169 cm³/mol. The second kappa shape index (κ2) is 35.6. The molecule has 0 saturated heterocycles. The SMILES string of the molecule is Br.Br.c1c[nH]cn1.c1c[nH]cn1.c1c[nH]cn1.c1c[nH]cn1.c1c[nH]cn1.c1c[nH]cn1.c1c[nH]cn1.c1c[nH]cn1. The van der Waals surface area contributed by atoms with Gasteiger partial charge in [-0.05, 0) is 0 Å². The summed E-state index contributed by atoms with van der Waals surface area (Å²) in [6.07, 6.45) is 40.7. The Hall–Kier alpha value is -5.36. The van der Waals surface area contributed by atoms with E-state index in [1.54, 1.807) is 150 Å². The highest BCUT2D eigenvalue weighted by Crippen LogP contribution is 1.66. The largest absolute Gasteiger partial charge is 0.351 e. The molecule has 8 rings (SSSR count). The van der Waals surface area contributed by atoms with Crippen molar-refractivity contribution in [1.29, 1.82) is 0 Å². The highest BCUT2D eigenvalue weighted by atomic mass is 79.9. The molecule has 0 atom stereocenters. The van der Waals surface area contributed by atoms with Gasteiger partial charge >= 0.3 is 0 Å². The molecule has 0 spiro atoms. The van der Waals surface area contributed by atoms with Gasteiger partial charge in [-0.15, -0.1) is 34.0 Å². The maximum absolute atomic E-state index is 3.67. The van der Waals surface area contributed by atoms with E-state index in [1.165, 1.54) is 0 Å². The number of H-pyrrole nitrogens is 8. The molecule has 0 fully saturated rings. The van der Waals surface area contributed by atoms with Gasteiger partial charge in [-0.2, -0.15) is 0 Å². The van der Waals surface area contributed by atoms with Crippen molar-refractivity contribution < 1.29 is 0 Å². The quantitative estimate of drug-likeness (QED) is 0.112. The topological polar surface area (TPSA) is 229 Å². The van der Waals surface area contributed by atoms with Crippen LogP contribution in [0.15, 0.2) is 150 Å². The molecule has 0 aromatic carbocycles. The summed E-state index contributed by atoms with van der Waals surface area (Å²) < 4.78 is 0. The molecule has 8 N–H and O–H groups in total. The van der Waals surface area contributed by atoms with E-state index in [-0.39, 0.29) is 34.0 Å². The van der Waals surface area contributed by atoms with Crippen molar-refractivity contribution in [3.63, 3.8) is 0 Å². The van der Waals surface area contributed by atoms with Crippen LogP contribution in [0.5, 0.6) is 0 Å². The Labute approximate surface area is 262 Å². The summed E-state index contributed by atoms with van der Waals surface area (Å²) in [6.45, 7) is 0. The summed E-state index contributed by atoms with van der Waals surface area (Å²) in [4.78, 5) is 51.3. The second-order valence-corrected chi connectivity index (χ2v) is 6.08. The fourth-order valence-electron chi connectivity index (χ4n) is 1.72. The molecule has 8 aromatic rings. The van der Waals surface area contributed by atoms with Gasteiger partial charge in [0.15, 0.2) is 0 Å². The van der Waals surface area contributed by atoms with Crippen LogP contribution in [0.3, 0.4) is 0 Å². The minimum absolute atomic E-state index is 0. The number of imidazole rings is 8. The maximum Gasteiger partial charge on any atom is 0.0919 e. The Morgan fingerprint density at radius 1 is 0.214 bits per heavy atom. The molecule has 224 valence electrons. The van der Waals surface area contributed by atoms with Crippen LogP contribution >= 0.6 is 34.0 Å². The number of aromatic nitrogens is 16. The van der Waals surface area contributed by atoms with E-state index in [4.69, 9.17) is 0 Å². The number of rotatable bonds is 0. The second-order valence-electron chi connectivity index (χ2n) is 6.08. The number of hydrogen-bond donors (Lipinski definition) is 8. The number of aromatic amines is 8. The molecular formula is C24H34Br2N16. The van der Waals surface area contributed by atoms with Crippen molar-refractivity contribution in [2.75, 3.05) is 0 Å². The summed E-state index contributed by atoms with van der Waals surface area (Å²) in [5.41, 5.74) is 0. The van der Waals surface area contributed by atoms with Crippen molar-refractivity contribution in [2.45, 2.75) is 0 Å². The van der Waals surface area contributed by atoms with E-state index < -0.39 is 0 Å². The maximum atomic E-state index is 3.67. The highest BCUT2D eigenvalue weighted by Gasteiger charge is 1.59. The lowest BCUT2D eigenvalue weighted by Crippen LogP contribution is -1.44. The molecule has 8 heterocycles. The van der Waals surface area contributed by atoms with Gasteiger partial charge in [0.05, 0.1) is 50.6 Å². The van der Waals surface area contributed by atoms with Crippen LogP contribution < -0.4 is 0 Å². The molecule has 18 heteroatoms. The van der Waals surface area contributed by atoms with Crippen LogP contribution in [0.4, 0.5) is 0 Å². The lowest BCUT2D eigenvalue weighted by molar-refractivity contribution is 1.31. The zero-order chi connectivity index (χ0) is 28.3. The molecule has 0 saturated carbocycles. The summed E-state index contributed by atoms with van der Waals surface area (Å²) >= 11 is 0. The number of nitrogens with one attached hydrogen (secondary N) is 8. The van der Waals surface area contributed by atoms with E-state index in [1.807, 2.05) is 0 Å². The highest BCUT2D eigenvalue weighted by molar-refractivity contribution is 8.93. The van der Waals surface area contributed by atoms with Gasteiger partial charge in [0.1, 0.15) is 0 Å². The van der Waals surface area contributed by atoms with Crippen molar-refractivity contribution in [3.05, 3.63) is 150 Å². The molecule has 16 nitrogen and oxygen atoms in total. The fraction of sp³-hybridized carbons (Fsp3) is 0. The third-order valence-corrected chi connectivity index (χ3v) is 3.25. The van der Waals surface area contributed by atoms with Crippen LogP contribution in [-0.4, -0.2) is 79.7 Å². The Balaban J connectivity index is 0. The molecule has 0 aliphatic carbocycles. The molecule has 0 radical (unpaired) electrons. The molecule has 0 aliphatic heterocycles. The van der Waals surface area contributed by atoms with Crippen LogP contribution in [0.1, 0.15) is 0 Å². The molecule has 0 aliphatic rings. The normalized spacial score (nSPS) is 7.62. The average molecular weight is 706 g/mol. The average Bonchev–Trinajstić information content (AvgIpc) is 3.95. The molecular weight excluding hydrogens is 672 g/mol. The third kappa shape index (κ3) is 32.7. The standard InChI is InChI=1S/8C3H4N2.2BrH/c8*1-2-5-3-4-1;;/h8*1-3H,(H,4,5);2*1H. The number of hydrogen-bond acceptors (Lipinski definition) is 8. The van der Waals surface area contributed by atoms with E-state index >= 15 is 0 Å². The first kappa shape index (κ1) is 38.8. The molecule has 8 aromatic heterocycles. The summed E-state index contributed by atoms with van der Waals surface area (Å²) in [5, 5.41) is 0. The van der Waals surface area contributed by atoms with Gasteiger partial charge in [-0.1, -0.05) is 0 Å². The number of nitrogens with zero attached hydrogens (tertiary/aromatic N) is 8. The summed E-state index contributed by atoms with van der Waals surface area (Å²) in [6, 6.07) is 0. The van der Waals surface area contributed by atoms with Gasteiger partial charge in [0, 0.05) is 99.1 Å². The van der Waals surface area contributed by atoms with E-state index in [0.717, 1.165) is 0 Å². The fourth-order valence-corrected chi connectivity index (χ4v) is 1.72. The van der Waals surface area contributed by atoms with Crippen LogP contribution in [0.2, 0.25) is 0 Å². The molecule has 0 amide bonds. The Kier molecular flexibility index (Phi) is 32.9. The van der Waals surface area contributed by atoms with Crippen LogP contribution in [0.25, 0.3) is 0 Å². The molecule has 0 bridgehead atoms. The predicted octanol–water partition coefficient (Wildman–Crippen LogP) is 4.43. The van der Waals surface area contributed by atoms with Gasteiger partial charge in [0.2, 0.25) is 0 Å². The van der Waals surface area contributed by atoms with Crippen LogP contribution in [-0.2, 0) is 0 Å². The van der Waals surface area contributed by atoms with Gasteiger partial charge in [-0.25, -0.2) is 39.9 Å². The van der Waals surface area contributed by atoms with Crippen molar-refractivity contribution in [3.8, 4) is 0 Å². The lowest BCUT2D eigenvalue weighted by Gasteiger charge is -1.46. The summed E-state index contributed by atoms with van der Waals surface area (Å²) in [5.74, 6) is 0. The minimum atomic E-state index is 0. The molecule has 42 heavy (non-hydrogen) atoms. The first-order valence-electron chi connectivity index (χ1n) is 11.4. The smallest absolute Gasteiger partial charge is 0.0919 e. The molecule has 0 unspecified atom stereocenters. The number of halogens is 2. The zero-order valence-electron chi connectivity index (χ0n) is 22.3. The van der Waals surface area contributed by atoms with Crippen LogP contribution in [0, 0.1) is 0 Å². The Morgan fingerprint density at radius 3 is 0.357 bits per heavy atom. The van der Waals surface area contributed by atoms with Gasteiger partial charge < -0.3 is 39.9 Å². The third-order valence-electron chi connectivity index (χ3n) is 3.25. The Morgan fingerprint density at radius 2 is 0.333 bits per heavy atom. The first-order chi connectivity index (χ1) is 20.0. The lowest BCUT2D eigenvalue weighted by atomic mass is 11.0. The minimum Gasteiger partial charge on any atom is -0.351 e. The zero-order valence-corrected chi connectivity index (χ0v) is 25.7. The first-order valence-corrected chi connectivity index (χ1v) is 11.4. The van der Waals surface area contributed by atoms with E-state index in [2.05, 4.69) is 79.7 Å². The van der Waals surface area contributed by atoms with E-state index in [0.29, 0.717) is 0 Å². The summed E-state index contributed by atoms with van der Waals surface area (Å²) in [7, 11) is 0. The van der Waals surface area contributed by atoms with Crippen molar-refractivity contribution in [1.82, 2.24) is 79.7 Å². The van der Waals surface area contributed by atoms with Gasteiger partial charge in [-0.3, -0.25) is 0 Å². The van der Waals surface area contributed by atoms with E-state index in [9.17, 15) is 0 Å². The van der Waals surface area contributed by atoms with Crippen molar-refractivity contribution in [2.24, 2.45) is 0 Å². The van der Waals surface area contributed by atoms with Gasteiger partial charge in [0.25, 0.3) is 0 Å². The van der Waals surface area contributed by atoms with Crippen molar-refractivity contribution >= 4 is 34.0 Å². The Bertz CT molecular complexity index is 818.